The molecule has 0 unspecified atom stereocenters. The summed E-state index contributed by atoms with van der Waals surface area (Å²) in [6.07, 6.45) is 1.81. The number of aromatic nitrogens is 1. The number of anilines is 1. The van der Waals surface area contributed by atoms with Crippen molar-refractivity contribution in [3.05, 3.63) is 70.7 Å². The molecule has 0 aliphatic rings. The van der Waals surface area contributed by atoms with Crippen LogP contribution in [0.25, 0.3) is 11.6 Å². The van der Waals surface area contributed by atoms with Gasteiger partial charge in [-0.1, -0.05) is 36.4 Å². The largest absolute Gasteiger partial charge is 0.493 e. The second-order valence-corrected chi connectivity index (χ2v) is 6.90. The topological polar surface area (TPSA) is 60.5 Å². The second-order valence-electron chi connectivity index (χ2n) is 5.77. The molecule has 2 aromatic carbocycles. The molecular weight excluding hydrogens is 396 g/mol. The molecule has 1 amide bonds. The molecule has 1 N–H and O–H groups in total. The predicted octanol–water partition coefficient (Wildman–Crippen LogP) is 5.08. The van der Waals surface area contributed by atoms with E-state index < -0.39 is 0 Å². The summed E-state index contributed by atoms with van der Waals surface area (Å²) in [7, 11) is 3.16. The van der Waals surface area contributed by atoms with Crippen molar-refractivity contribution in [3.63, 3.8) is 0 Å². The molecule has 144 valence electrons. The summed E-state index contributed by atoms with van der Waals surface area (Å²) in [5.41, 5.74) is 2.85. The molecule has 3 rings (SSSR count). The Kier molecular flexibility index (Phi) is 6.68. The molecule has 0 bridgehead atoms. The quantitative estimate of drug-likeness (QED) is 0.333. The van der Waals surface area contributed by atoms with E-state index in [1.807, 2.05) is 53.9 Å². The number of carbonyl (C=O) groups is 1. The van der Waals surface area contributed by atoms with Gasteiger partial charge in [-0.3, -0.25) is 10.1 Å². The molecule has 5 nitrogen and oxygen atoms in total. The summed E-state index contributed by atoms with van der Waals surface area (Å²) in [5.74, 6) is 1.27. The van der Waals surface area contributed by atoms with Crippen LogP contribution in [0.4, 0.5) is 5.13 Å². The van der Waals surface area contributed by atoms with Crippen LogP contribution < -0.4 is 14.8 Å². The van der Waals surface area contributed by atoms with E-state index in [-0.39, 0.29) is 5.91 Å². The number of thiazole rings is 1. The van der Waals surface area contributed by atoms with Crippen molar-refractivity contribution in [3.8, 4) is 11.5 Å². The molecule has 1 aromatic heterocycles. The van der Waals surface area contributed by atoms with Crippen molar-refractivity contribution >= 4 is 45.6 Å². The minimum absolute atomic E-state index is 0.253. The molecule has 7 heteroatoms. The number of methoxy groups -OCH3 is 2. The van der Waals surface area contributed by atoms with Crippen LogP contribution in [0.2, 0.25) is 0 Å². The fourth-order valence-electron chi connectivity index (χ4n) is 2.60. The number of ether oxygens (including phenoxy) is 2. The average Bonchev–Trinajstić information content (AvgIpc) is 3.19. The standard InChI is InChI=1S/C21H19ClN2O3S/c1-26-18-9-8-14(11-19(18)27-2)10-17(15-6-4-3-5-7-15)20(25)24-21-23-16(12-22)13-28-21/h3-11,13H,12H2,1-2H3,(H,23,24,25)/b17-10+. The maximum Gasteiger partial charge on any atom is 0.258 e. The van der Waals surface area contributed by atoms with E-state index in [0.29, 0.717) is 28.1 Å². The third-order valence-corrected chi connectivity index (χ3v) is 5.04. The zero-order valence-electron chi connectivity index (χ0n) is 15.4. The lowest BCUT2D eigenvalue weighted by Gasteiger charge is -2.10. The van der Waals surface area contributed by atoms with Gasteiger partial charge >= 0.3 is 0 Å². The molecule has 0 saturated heterocycles. The Labute approximate surface area is 172 Å². The number of benzene rings is 2. The Morgan fingerprint density at radius 2 is 1.89 bits per heavy atom. The minimum atomic E-state index is -0.253. The number of rotatable bonds is 7. The molecule has 0 saturated carbocycles. The Balaban J connectivity index is 1.97. The number of carbonyl (C=O) groups excluding carboxylic acids is 1. The van der Waals surface area contributed by atoms with Crippen molar-refractivity contribution in [1.29, 1.82) is 0 Å². The third-order valence-electron chi connectivity index (χ3n) is 3.96. The van der Waals surface area contributed by atoms with Crippen LogP contribution in [0.3, 0.4) is 0 Å². The van der Waals surface area contributed by atoms with Gasteiger partial charge in [0.05, 0.1) is 25.8 Å². The van der Waals surface area contributed by atoms with Crippen molar-refractivity contribution < 1.29 is 14.3 Å². The van der Waals surface area contributed by atoms with Crippen LogP contribution in [-0.4, -0.2) is 25.1 Å². The molecular formula is C21H19ClN2O3S. The van der Waals surface area contributed by atoms with Gasteiger partial charge < -0.3 is 9.47 Å². The van der Waals surface area contributed by atoms with Crippen LogP contribution in [-0.2, 0) is 10.7 Å². The lowest BCUT2D eigenvalue weighted by atomic mass is 10.0. The first-order valence-electron chi connectivity index (χ1n) is 8.45. The van der Waals surface area contributed by atoms with E-state index in [1.54, 1.807) is 20.3 Å². The maximum absolute atomic E-state index is 13.0. The van der Waals surface area contributed by atoms with Gasteiger partial charge in [0.15, 0.2) is 16.6 Å². The van der Waals surface area contributed by atoms with Crippen LogP contribution in [0.15, 0.2) is 53.9 Å². The molecule has 0 radical (unpaired) electrons. The highest BCUT2D eigenvalue weighted by Crippen LogP contribution is 2.30. The van der Waals surface area contributed by atoms with Crippen molar-refractivity contribution in [2.45, 2.75) is 5.88 Å². The van der Waals surface area contributed by atoms with Crippen LogP contribution in [0.1, 0.15) is 16.8 Å². The summed E-state index contributed by atoms with van der Waals surface area (Å²) >= 11 is 7.13. The molecule has 0 aliphatic heterocycles. The van der Waals surface area contributed by atoms with Gasteiger partial charge in [0, 0.05) is 11.0 Å². The minimum Gasteiger partial charge on any atom is -0.493 e. The van der Waals surface area contributed by atoms with Crippen molar-refractivity contribution in [1.82, 2.24) is 4.98 Å². The van der Waals surface area contributed by atoms with Gasteiger partial charge in [0.2, 0.25) is 0 Å². The van der Waals surface area contributed by atoms with Gasteiger partial charge in [0.25, 0.3) is 5.91 Å². The maximum atomic E-state index is 13.0. The van der Waals surface area contributed by atoms with Crippen LogP contribution >= 0.6 is 22.9 Å². The van der Waals surface area contributed by atoms with E-state index in [1.165, 1.54) is 11.3 Å². The van der Waals surface area contributed by atoms with Gasteiger partial charge in [0.1, 0.15) is 0 Å². The van der Waals surface area contributed by atoms with Crippen LogP contribution in [0.5, 0.6) is 11.5 Å². The molecule has 0 atom stereocenters. The summed E-state index contributed by atoms with van der Waals surface area (Å²) in [6.45, 7) is 0. The number of nitrogens with zero attached hydrogens (tertiary/aromatic N) is 1. The molecule has 3 aromatic rings. The lowest BCUT2D eigenvalue weighted by Crippen LogP contribution is -2.13. The van der Waals surface area contributed by atoms with E-state index in [0.717, 1.165) is 16.8 Å². The van der Waals surface area contributed by atoms with E-state index in [9.17, 15) is 4.79 Å². The van der Waals surface area contributed by atoms with Gasteiger partial charge in [-0.15, -0.1) is 22.9 Å². The zero-order chi connectivity index (χ0) is 19.9. The predicted molar refractivity (Wildman–Crippen MR) is 114 cm³/mol. The van der Waals surface area contributed by atoms with E-state index in [2.05, 4.69) is 10.3 Å². The molecule has 28 heavy (non-hydrogen) atoms. The first-order valence-corrected chi connectivity index (χ1v) is 9.87. The van der Waals surface area contributed by atoms with E-state index >= 15 is 0 Å². The number of nitrogens with one attached hydrogen (secondary N) is 1. The monoisotopic (exact) mass is 414 g/mol. The number of alkyl halides is 1. The summed E-state index contributed by atoms with van der Waals surface area (Å²) < 4.78 is 10.6. The number of hydrogen-bond donors (Lipinski definition) is 1. The highest BCUT2D eigenvalue weighted by atomic mass is 35.5. The smallest absolute Gasteiger partial charge is 0.258 e. The molecule has 0 fully saturated rings. The Morgan fingerprint density at radius 1 is 1.14 bits per heavy atom. The summed E-state index contributed by atoms with van der Waals surface area (Å²) in [5, 5.41) is 5.18. The Morgan fingerprint density at radius 3 is 2.54 bits per heavy atom. The number of amides is 1. The highest BCUT2D eigenvalue weighted by molar-refractivity contribution is 7.14. The summed E-state index contributed by atoms with van der Waals surface area (Å²) in [4.78, 5) is 17.3. The first kappa shape index (κ1) is 19.9. The fourth-order valence-corrected chi connectivity index (χ4v) is 3.53. The van der Waals surface area contributed by atoms with Gasteiger partial charge in [-0.05, 0) is 29.3 Å². The summed E-state index contributed by atoms with van der Waals surface area (Å²) in [6, 6.07) is 15.0. The molecule has 0 spiro atoms. The Hall–Kier alpha value is -2.83. The zero-order valence-corrected chi connectivity index (χ0v) is 17.0. The lowest BCUT2D eigenvalue weighted by molar-refractivity contribution is -0.111. The van der Waals surface area contributed by atoms with Gasteiger partial charge in [-0.25, -0.2) is 4.98 Å². The number of hydrogen-bond acceptors (Lipinski definition) is 5. The van der Waals surface area contributed by atoms with Crippen molar-refractivity contribution in [2.75, 3.05) is 19.5 Å². The Bertz CT molecular complexity index is 986. The fraction of sp³-hybridized carbons (Fsp3) is 0.143. The molecule has 0 aliphatic carbocycles. The average molecular weight is 415 g/mol. The normalized spacial score (nSPS) is 11.2. The van der Waals surface area contributed by atoms with E-state index in [4.69, 9.17) is 21.1 Å². The van der Waals surface area contributed by atoms with Gasteiger partial charge in [-0.2, -0.15) is 0 Å². The molecule has 1 heterocycles. The SMILES string of the molecule is COc1ccc(/C=C(/C(=O)Nc2nc(CCl)cs2)c2ccccc2)cc1OC. The second kappa shape index (κ2) is 9.39. The number of halogens is 1. The highest BCUT2D eigenvalue weighted by Gasteiger charge is 2.15. The third kappa shape index (κ3) is 4.71. The first-order chi connectivity index (χ1) is 13.6. The van der Waals surface area contributed by atoms with Crippen molar-refractivity contribution in [2.24, 2.45) is 0 Å². The van der Waals surface area contributed by atoms with Crippen LogP contribution in [0, 0.1) is 0 Å².